The van der Waals surface area contributed by atoms with Gasteiger partial charge in [0.1, 0.15) is 0 Å². The van der Waals surface area contributed by atoms with Crippen LogP contribution in [0.1, 0.15) is 11.3 Å². The molecule has 1 N–H and O–H groups in total. The molecule has 0 amide bonds. The van der Waals surface area contributed by atoms with E-state index in [9.17, 15) is 0 Å². The lowest BCUT2D eigenvalue weighted by Crippen LogP contribution is -1.92. The van der Waals surface area contributed by atoms with Crippen molar-refractivity contribution in [1.29, 1.82) is 0 Å². The van der Waals surface area contributed by atoms with Crippen LogP contribution in [0.5, 0.6) is 11.8 Å². The predicted molar refractivity (Wildman–Crippen MR) is 57.2 cm³/mol. The molecule has 0 aliphatic rings. The molecule has 0 atom stereocenters. The van der Waals surface area contributed by atoms with E-state index in [1.165, 1.54) is 0 Å². The molecule has 0 spiro atoms. The number of H-pyrrole nitrogens is 1. The second-order valence-electron chi connectivity index (χ2n) is 3.09. The molecule has 0 bridgehead atoms. The lowest BCUT2D eigenvalue weighted by molar-refractivity contribution is 0.439. The predicted octanol–water partition coefficient (Wildman–Crippen LogP) is 2.64. The number of hydrogen-bond acceptors (Lipinski definition) is 3. The first kappa shape index (κ1) is 9.98. The number of ether oxygens (including phenoxy) is 1. The standard InChI is InChI=1S/C10H10ClN3O/c1-7-5-9(14-13-7)15-10-8(6-11)3-2-4-12-10/h2-5H,6H2,1H3,(H,13,14). The fraction of sp³-hybridized carbons (Fsp3) is 0.200. The van der Waals surface area contributed by atoms with Crippen molar-refractivity contribution < 1.29 is 4.74 Å². The van der Waals surface area contributed by atoms with E-state index in [1.54, 1.807) is 12.3 Å². The van der Waals surface area contributed by atoms with Gasteiger partial charge in [-0.05, 0) is 13.0 Å². The molecular formula is C10H10ClN3O. The van der Waals surface area contributed by atoms with Gasteiger partial charge in [-0.3, -0.25) is 5.10 Å². The third kappa shape index (κ3) is 2.27. The zero-order valence-corrected chi connectivity index (χ0v) is 8.95. The second kappa shape index (κ2) is 4.31. The Hall–Kier alpha value is -1.55. The van der Waals surface area contributed by atoms with Gasteiger partial charge in [0.05, 0.1) is 5.88 Å². The molecule has 0 aliphatic carbocycles. The van der Waals surface area contributed by atoms with Crippen LogP contribution in [0.4, 0.5) is 0 Å². The Balaban J connectivity index is 2.23. The molecule has 2 rings (SSSR count). The van der Waals surface area contributed by atoms with E-state index in [0.29, 0.717) is 17.6 Å². The number of pyridine rings is 1. The van der Waals surface area contributed by atoms with Crippen LogP contribution in [-0.2, 0) is 5.88 Å². The van der Waals surface area contributed by atoms with Crippen LogP contribution in [0, 0.1) is 6.92 Å². The highest BCUT2D eigenvalue weighted by Crippen LogP contribution is 2.22. The Bertz CT molecular complexity index is 455. The van der Waals surface area contributed by atoms with Crippen molar-refractivity contribution in [2.24, 2.45) is 0 Å². The van der Waals surface area contributed by atoms with Gasteiger partial charge in [0.15, 0.2) is 0 Å². The largest absolute Gasteiger partial charge is 0.419 e. The first-order valence-electron chi connectivity index (χ1n) is 4.49. The highest BCUT2D eigenvalue weighted by atomic mass is 35.5. The molecule has 0 radical (unpaired) electrons. The first-order valence-corrected chi connectivity index (χ1v) is 5.03. The van der Waals surface area contributed by atoms with Gasteiger partial charge < -0.3 is 4.74 Å². The smallest absolute Gasteiger partial charge is 0.240 e. The minimum Gasteiger partial charge on any atom is -0.419 e. The third-order valence-electron chi connectivity index (χ3n) is 1.88. The molecule has 5 heteroatoms. The van der Waals surface area contributed by atoms with Crippen LogP contribution in [-0.4, -0.2) is 15.2 Å². The van der Waals surface area contributed by atoms with Crippen molar-refractivity contribution in [2.75, 3.05) is 0 Å². The van der Waals surface area contributed by atoms with Crippen molar-refractivity contribution >= 4 is 11.6 Å². The van der Waals surface area contributed by atoms with Gasteiger partial charge in [0.2, 0.25) is 11.8 Å². The van der Waals surface area contributed by atoms with Gasteiger partial charge >= 0.3 is 0 Å². The lowest BCUT2D eigenvalue weighted by Gasteiger charge is -2.04. The summed E-state index contributed by atoms with van der Waals surface area (Å²) in [4.78, 5) is 4.09. The second-order valence-corrected chi connectivity index (χ2v) is 3.36. The quantitative estimate of drug-likeness (QED) is 0.814. The van der Waals surface area contributed by atoms with Crippen LogP contribution in [0.3, 0.4) is 0 Å². The summed E-state index contributed by atoms with van der Waals surface area (Å²) in [7, 11) is 0. The SMILES string of the molecule is Cc1cc(Oc2ncccc2CCl)n[nH]1. The number of nitrogens with one attached hydrogen (secondary N) is 1. The summed E-state index contributed by atoms with van der Waals surface area (Å²) in [5.41, 5.74) is 1.79. The Labute approximate surface area is 92.3 Å². The van der Waals surface area contributed by atoms with Gasteiger partial charge in [0, 0.05) is 23.5 Å². The molecule has 2 aromatic heterocycles. The van der Waals surface area contributed by atoms with E-state index in [-0.39, 0.29) is 0 Å². The summed E-state index contributed by atoms with van der Waals surface area (Å²) in [6, 6.07) is 5.49. The molecule has 2 heterocycles. The Morgan fingerprint density at radius 2 is 2.40 bits per heavy atom. The van der Waals surface area contributed by atoms with E-state index >= 15 is 0 Å². The summed E-state index contributed by atoms with van der Waals surface area (Å²) in [5, 5.41) is 6.75. The highest BCUT2D eigenvalue weighted by Gasteiger charge is 2.06. The summed E-state index contributed by atoms with van der Waals surface area (Å²) < 4.78 is 5.48. The zero-order chi connectivity index (χ0) is 10.7. The normalized spacial score (nSPS) is 10.3. The van der Waals surface area contributed by atoms with Crippen LogP contribution < -0.4 is 4.74 Å². The average molecular weight is 224 g/mol. The monoisotopic (exact) mass is 223 g/mol. The molecule has 0 saturated heterocycles. The maximum atomic E-state index is 5.76. The van der Waals surface area contributed by atoms with Crippen LogP contribution in [0.15, 0.2) is 24.4 Å². The summed E-state index contributed by atoms with van der Waals surface area (Å²) >= 11 is 5.76. The Morgan fingerprint density at radius 1 is 1.53 bits per heavy atom. The van der Waals surface area contributed by atoms with E-state index in [1.807, 2.05) is 19.1 Å². The molecule has 0 aromatic carbocycles. The molecule has 0 saturated carbocycles. The molecule has 0 fully saturated rings. The maximum absolute atomic E-state index is 5.76. The van der Waals surface area contributed by atoms with Crippen molar-refractivity contribution in [3.05, 3.63) is 35.7 Å². The fourth-order valence-electron chi connectivity index (χ4n) is 1.16. The van der Waals surface area contributed by atoms with E-state index in [0.717, 1.165) is 11.3 Å². The number of hydrogen-bond donors (Lipinski definition) is 1. The topological polar surface area (TPSA) is 50.8 Å². The van der Waals surface area contributed by atoms with E-state index in [2.05, 4.69) is 15.2 Å². The molecule has 15 heavy (non-hydrogen) atoms. The van der Waals surface area contributed by atoms with Crippen molar-refractivity contribution in [1.82, 2.24) is 15.2 Å². The highest BCUT2D eigenvalue weighted by molar-refractivity contribution is 6.17. The third-order valence-corrected chi connectivity index (χ3v) is 2.17. The Kier molecular flexibility index (Phi) is 2.87. The number of rotatable bonds is 3. The number of aryl methyl sites for hydroxylation is 1. The van der Waals surface area contributed by atoms with Gasteiger partial charge in [-0.15, -0.1) is 16.7 Å². The molecule has 2 aromatic rings. The molecule has 78 valence electrons. The fourth-order valence-corrected chi connectivity index (χ4v) is 1.37. The molecule has 4 nitrogen and oxygen atoms in total. The number of halogens is 1. The lowest BCUT2D eigenvalue weighted by atomic mass is 10.3. The van der Waals surface area contributed by atoms with Gasteiger partial charge in [-0.1, -0.05) is 6.07 Å². The van der Waals surface area contributed by atoms with Crippen molar-refractivity contribution in [2.45, 2.75) is 12.8 Å². The zero-order valence-electron chi connectivity index (χ0n) is 8.20. The number of nitrogens with zero attached hydrogens (tertiary/aromatic N) is 2. The minimum atomic E-state index is 0.368. The summed E-state index contributed by atoms with van der Waals surface area (Å²) in [6.45, 7) is 1.90. The van der Waals surface area contributed by atoms with Crippen molar-refractivity contribution in [3.63, 3.8) is 0 Å². The van der Waals surface area contributed by atoms with Crippen LogP contribution in [0.25, 0.3) is 0 Å². The van der Waals surface area contributed by atoms with Gasteiger partial charge in [-0.2, -0.15) is 0 Å². The van der Waals surface area contributed by atoms with Gasteiger partial charge in [-0.25, -0.2) is 4.98 Å². The van der Waals surface area contributed by atoms with E-state index in [4.69, 9.17) is 16.3 Å². The summed E-state index contributed by atoms with van der Waals surface area (Å²) in [6.07, 6.45) is 1.66. The van der Waals surface area contributed by atoms with Crippen molar-refractivity contribution in [3.8, 4) is 11.8 Å². The van der Waals surface area contributed by atoms with E-state index < -0.39 is 0 Å². The summed E-state index contributed by atoms with van der Waals surface area (Å²) in [5.74, 6) is 1.36. The van der Waals surface area contributed by atoms with Gasteiger partial charge in [0.25, 0.3) is 0 Å². The number of aromatic amines is 1. The van der Waals surface area contributed by atoms with Crippen LogP contribution >= 0.6 is 11.6 Å². The number of alkyl halides is 1. The minimum absolute atomic E-state index is 0.368. The molecular weight excluding hydrogens is 214 g/mol. The Morgan fingerprint density at radius 3 is 3.07 bits per heavy atom. The number of aromatic nitrogens is 3. The van der Waals surface area contributed by atoms with Crippen LogP contribution in [0.2, 0.25) is 0 Å². The molecule has 0 unspecified atom stereocenters. The first-order chi connectivity index (χ1) is 7.29. The average Bonchev–Trinajstić information content (AvgIpc) is 2.65. The maximum Gasteiger partial charge on any atom is 0.240 e. The molecule has 0 aliphatic heterocycles.